The SMILES string of the molecule is CCCCc1c(-c2ccc(F)cc2F)ccc2nc(-c3cccnc3)nc(N)c12.CS(=O)(=O)O. The molecule has 0 aliphatic carbocycles. The van der Waals surface area contributed by atoms with Crippen molar-refractivity contribution in [1.82, 2.24) is 15.0 Å². The van der Waals surface area contributed by atoms with E-state index in [2.05, 4.69) is 21.9 Å². The highest BCUT2D eigenvalue weighted by atomic mass is 32.2. The predicted molar refractivity (Wildman–Crippen MR) is 129 cm³/mol. The molecule has 0 unspecified atom stereocenters. The summed E-state index contributed by atoms with van der Waals surface area (Å²) in [6, 6.07) is 10.9. The first kappa shape index (κ1) is 25.1. The molecule has 0 spiro atoms. The summed E-state index contributed by atoms with van der Waals surface area (Å²) >= 11 is 0. The smallest absolute Gasteiger partial charge is 0.261 e. The van der Waals surface area contributed by atoms with Crippen LogP contribution in [-0.4, -0.2) is 34.2 Å². The lowest BCUT2D eigenvalue weighted by molar-refractivity contribution is 0.490. The van der Waals surface area contributed by atoms with Crippen molar-refractivity contribution in [2.75, 3.05) is 12.0 Å². The lowest BCUT2D eigenvalue weighted by Gasteiger charge is -2.15. The van der Waals surface area contributed by atoms with Gasteiger partial charge in [0.15, 0.2) is 5.82 Å². The molecule has 0 saturated heterocycles. The Hall–Kier alpha value is -3.50. The van der Waals surface area contributed by atoms with Crippen molar-refractivity contribution in [2.24, 2.45) is 0 Å². The zero-order valence-electron chi connectivity index (χ0n) is 18.7. The number of hydrogen-bond donors (Lipinski definition) is 2. The van der Waals surface area contributed by atoms with Gasteiger partial charge in [0.25, 0.3) is 10.1 Å². The summed E-state index contributed by atoms with van der Waals surface area (Å²) in [5, 5.41) is 0.715. The van der Waals surface area contributed by atoms with Gasteiger partial charge in [0.2, 0.25) is 0 Å². The second kappa shape index (κ2) is 10.6. The van der Waals surface area contributed by atoms with Crippen LogP contribution in [-0.2, 0) is 16.5 Å². The zero-order valence-corrected chi connectivity index (χ0v) is 19.5. The van der Waals surface area contributed by atoms with Crippen molar-refractivity contribution in [1.29, 1.82) is 0 Å². The van der Waals surface area contributed by atoms with Crippen LogP contribution < -0.4 is 5.73 Å². The molecule has 2 aromatic heterocycles. The standard InChI is InChI=1S/C23H20F2N4.CH4O3S/c1-2-3-6-18-16(17-8-7-15(24)12-19(17)25)9-10-20-21(18)22(26)29-23(28-20)14-5-4-11-27-13-14;1-5(2,3)4/h4-5,7-13H,2-3,6H2,1H3,(H2,26,28,29);1H3,(H,2,3,4). The Morgan fingerprint density at radius 1 is 1.06 bits per heavy atom. The van der Waals surface area contributed by atoms with E-state index in [1.807, 2.05) is 18.2 Å². The molecule has 0 aliphatic heterocycles. The maximum atomic E-state index is 14.5. The van der Waals surface area contributed by atoms with Gasteiger partial charge in [0, 0.05) is 35.0 Å². The number of halogens is 2. The van der Waals surface area contributed by atoms with E-state index in [-0.39, 0.29) is 0 Å². The minimum atomic E-state index is -3.67. The Morgan fingerprint density at radius 2 is 1.76 bits per heavy atom. The van der Waals surface area contributed by atoms with Crippen molar-refractivity contribution in [3.8, 4) is 22.5 Å². The van der Waals surface area contributed by atoms with Crippen molar-refractivity contribution < 1.29 is 21.8 Å². The van der Waals surface area contributed by atoms with Crippen LogP contribution in [0.5, 0.6) is 0 Å². The van der Waals surface area contributed by atoms with E-state index in [1.54, 1.807) is 18.5 Å². The molecule has 0 fully saturated rings. The molecule has 7 nitrogen and oxygen atoms in total. The molecule has 0 radical (unpaired) electrons. The number of pyridine rings is 1. The normalized spacial score (nSPS) is 11.2. The van der Waals surface area contributed by atoms with E-state index in [1.165, 1.54) is 12.1 Å². The monoisotopic (exact) mass is 486 g/mol. The maximum Gasteiger partial charge on any atom is 0.261 e. The molecule has 2 heterocycles. The van der Waals surface area contributed by atoms with Gasteiger partial charge in [-0.15, -0.1) is 0 Å². The molecule has 10 heteroatoms. The van der Waals surface area contributed by atoms with Crippen LogP contribution in [0.25, 0.3) is 33.4 Å². The van der Waals surface area contributed by atoms with Crippen LogP contribution in [0.1, 0.15) is 25.3 Å². The maximum absolute atomic E-state index is 14.5. The van der Waals surface area contributed by atoms with Crippen molar-refractivity contribution in [3.05, 3.63) is 72.1 Å². The zero-order chi connectivity index (χ0) is 24.9. The van der Waals surface area contributed by atoms with Gasteiger partial charge in [0.1, 0.15) is 17.5 Å². The van der Waals surface area contributed by atoms with Gasteiger partial charge in [-0.2, -0.15) is 8.42 Å². The summed E-state index contributed by atoms with van der Waals surface area (Å²) in [6.07, 6.45) is 6.64. The molecule has 3 N–H and O–H groups in total. The molecule has 0 amide bonds. The van der Waals surface area contributed by atoms with Crippen LogP contribution in [0.15, 0.2) is 54.9 Å². The van der Waals surface area contributed by atoms with Crippen LogP contribution in [0.2, 0.25) is 0 Å². The summed E-state index contributed by atoms with van der Waals surface area (Å²) in [5.41, 5.74) is 9.72. The second-order valence-corrected chi connectivity index (χ2v) is 9.09. The van der Waals surface area contributed by atoms with Gasteiger partial charge >= 0.3 is 0 Å². The number of fused-ring (bicyclic) bond motifs is 1. The van der Waals surface area contributed by atoms with Gasteiger partial charge in [-0.25, -0.2) is 18.7 Å². The van der Waals surface area contributed by atoms with Crippen molar-refractivity contribution in [3.63, 3.8) is 0 Å². The predicted octanol–water partition coefficient (Wildman–Crippen LogP) is 5.07. The number of benzene rings is 2. The Balaban J connectivity index is 0.000000588. The number of nitrogens with zero attached hydrogens (tertiary/aromatic N) is 3. The van der Waals surface area contributed by atoms with E-state index < -0.39 is 21.8 Å². The number of aromatic nitrogens is 3. The van der Waals surface area contributed by atoms with Gasteiger partial charge in [-0.1, -0.05) is 19.4 Å². The fraction of sp³-hybridized carbons (Fsp3) is 0.208. The third kappa shape index (κ3) is 6.30. The van der Waals surface area contributed by atoms with Crippen LogP contribution in [0.4, 0.5) is 14.6 Å². The lowest BCUT2D eigenvalue weighted by atomic mass is 9.92. The topological polar surface area (TPSA) is 119 Å². The number of aryl methyl sites for hydroxylation is 1. The van der Waals surface area contributed by atoms with Gasteiger partial charge in [-0.3, -0.25) is 9.54 Å². The summed E-state index contributed by atoms with van der Waals surface area (Å²) in [7, 11) is -3.67. The summed E-state index contributed by atoms with van der Waals surface area (Å²) < 4.78 is 53.8. The molecule has 4 rings (SSSR count). The highest BCUT2D eigenvalue weighted by molar-refractivity contribution is 7.85. The number of unbranched alkanes of at least 4 members (excludes halogenated alkanes) is 1. The number of nitrogens with two attached hydrogens (primary N) is 1. The molecule has 34 heavy (non-hydrogen) atoms. The second-order valence-electron chi connectivity index (χ2n) is 7.62. The van der Waals surface area contributed by atoms with Crippen molar-refractivity contribution in [2.45, 2.75) is 26.2 Å². The summed E-state index contributed by atoms with van der Waals surface area (Å²) in [6.45, 7) is 2.09. The molecule has 0 saturated carbocycles. The Kier molecular flexibility index (Phi) is 7.85. The van der Waals surface area contributed by atoms with E-state index >= 15 is 0 Å². The third-order valence-electron chi connectivity index (χ3n) is 4.92. The molecule has 178 valence electrons. The largest absolute Gasteiger partial charge is 0.383 e. The molecule has 0 atom stereocenters. The van der Waals surface area contributed by atoms with E-state index in [0.717, 1.165) is 30.0 Å². The van der Waals surface area contributed by atoms with E-state index in [4.69, 9.17) is 10.3 Å². The Labute approximate surface area is 196 Å². The molecule has 0 aliphatic rings. The summed E-state index contributed by atoms with van der Waals surface area (Å²) in [4.78, 5) is 13.3. The molecular formula is C24H24F2N4O3S. The van der Waals surface area contributed by atoms with Gasteiger partial charge < -0.3 is 5.73 Å². The summed E-state index contributed by atoms with van der Waals surface area (Å²) in [5.74, 6) is -0.380. The lowest BCUT2D eigenvalue weighted by Crippen LogP contribution is -2.03. The van der Waals surface area contributed by atoms with E-state index in [9.17, 15) is 17.2 Å². The third-order valence-corrected chi connectivity index (χ3v) is 4.92. The van der Waals surface area contributed by atoms with Crippen LogP contribution in [0, 0.1) is 11.6 Å². The first-order valence-corrected chi connectivity index (χ1v) is 12.3. The highest BCUT2D eigenvalue weighted by Gasteiger charge is 2.17. The average Bonchev–Trinajstić information content (AvgIpc) is 2.77. The first-order chi connectivity index (χ1) is 16.1. The van der Waals surface area contributed by atoms with E-state index in [0.29, 0.717) is 46.3 Å². The number of rotatable bonds is 5. The molecule has 4 aromatic rings. The molecular weight excluding hydrogens is 462 g/mol. The fourth-order valence-corrected chi connectivity index (χ4v) is 3.52. The Bertz CT molecular complexity index is 1410. The fourth-order valence-electron chi connectivity index (χ4n) is 3.52. The van der Waals surface area contributed by atoms with Gasteiger partial charge in [-0.05, 0) is 54.3 Å². The minimum Gasteiger partial charge on any atom is -0.383 e. The number of hydrogen-bond acceptors (Lipinski definition) is 6. The highest BCUT2D eigenvalue weighted by Crippen LogP contribution is 2.35. The number of anilines is 1. The number of nitrogen functional groups attached to an aromatic ring is 1. The van der Waals surface area contributed by atoms with Crippen LogP contribution >= 0.6 is 0 Å². The van der Waals surface area contributed by atoms with Gasteiger partial charge in [0.05, 0.1) is 11.8 Å². The minimum absolute atomic E-state index is 0.337. The quantitative estimate of drug-likeness (QED) is 0.378. The van der Waals surface area contributed by atoms with Crippen molar-refractivity contribution >= 4 is 26.8 Å². The van der Waals surface area contributed by atoms with Crippen LogP contribution in [0.3, 0.4) is 0 Å². The molecule has 2 aromatic carbocycles. The molecule has 0 bridgehead atoms. The average molecular weight is 487 g/mol. The Morgan fingerprint density at radius 3 is 2.38 bits per heavy atom. The first-order valence-electron chi connectivity index (χ1n) is 10.5.